The van der Waals surface area contributed by atoms with Crippen LogP contribution in [0.25, 0.3) is 0 Å². The molecule has 1 saturated carbocycles. The molecule has 3 unspecified atom stereocenters. The summed E-state index contributed by atoms with van der Waals surface area (Å²) < 4.78 is 0. The highest BCUT2D eigenvalue weighted by Gasteiger charge is 2.27. The van der Waals surface area contributed by atoms with Crippen molar-refractivity contribution in [3.63, 3.8) is 0 Å². The van der Waals surface area contributed by atoms with Gasteiger partial charge in [0, 0.05) is 6.04 Å². The van der Waals surface area contributed by atoms with Crippen LogP contribution in [0.2, 0.25) is 0 Å². The van der Waals surface area contributed by atoms with Crippen LogP contribution < -0.4 is 11.5 Å². The number of benzene rings is 1. The Bertz CT molecular complexity index is 478. The van der Waals surface area contributed by atoms with Gasteiger partial charge in [0.1, 0.15) is 6.04 Å². The highest BCUT2D eigenvalue weighted by Crippen LogP contribution is 2.22. The van der Waals surface area contributed by atoms with Crippen LogP contribution in [0, 0.1) is 5.92 Å². The number of hydrogen-bond donors (Lipinski definition) is 4. The zero-order valence-electron chi connectivity index (χ0n) is 12.5. The zero-order chi connectivity index (χ0) is 16.5. The average molecular weight is 308 g/mol. The van der Waals surface area contributed by atoms with Crippen LogP contribution in [0.5, 0.6) is 0 Å². The van der Waals surface area contributed by atoms with Gasteiger partial charge in [-0.25, -0.2) is 0 Å². The Balaban J connectivity index is 0.000000224. The van der Waals surface area contributed by atoms with E-state index in [2.05, 4.69) is 0 Å². The van der Waals surface area contributed by atoms with E-state index in [1.165, 1.54) is 0 Å². The molecule has 122 valence electrons. The van der Waals surface area contributed by atoms with Crippen molar-refractivity contribution >= 4 is 11.9 Å². The van der Waals surface area contributed by atoms with Crippen LogP contribution in [-0.4, -0.2) is 34.2 Å². The van der Waals surface area contributed by atoms with Gasteiger partial charge in [-0.15, -0.1) is 0 Å². The second kappa shape index (κ2) is 9.17. The highest BCUT2D eigenvalue weighted by atomic mass is 16.4. The van der Waals surface area contributed by atoms with Crippen molar-refractivity contribution in [2.24, 2.45) is 17.4 Å². The molecule has 6 heteroatoms. The van der Waals surface area contributed by atoms with Gasteiger partial charge < -0.3 is 21.7 Å². The van der Waals surface area contributed by atoms with Gasteiger partial charge in [-0.3, -0.25) is 9.59 Å². The van der Waals surface area contributed by atoms with Gasteiger partial charge in [0.15, 0.2) is 0 Å². The fraction of sp³-hybridized carbons (Fsp3) is 0.500. The van der Waals surface area contributed by atoms with Crippen LogP contribution in [0.15, 0.2) is 30.3 Å². The smallest absolute Gasteiger partial charge is 0.320 e. The summed E-state index contributed by atoms with van der Waals surface area (Å²) in [4.78, 5) is 20.9. The van der Waals surface area contributed by atoms with Crippen LogP contribution in [-0.2, 0) is 16.0 Å². The lowest BCUT2D eigenvalue weighted by molar-refractivity contribution is -0.143. The highest BCUT2D eigenvalue weighted by molar-refractivity contribution is 5.73. The molecule has 0 spiro atoms. The molecule has 3 atom stereocenters. The summed E-state index contributed by atoms with van der Waals surface area (Å²) in [5, 5.41) is 17.1. The van der Waals surface area contributed by atoms with Crippen molar-refractivity contribution in [3.8, 4) is 0 Å². The van der Waals surface area contributed by atoms with Crippen molar-refractivity contribution in [3.05, 3.63) is 35.9 Å². The number of hydrogen-bond acceptors (Lipinski definition) is 4. The predicted octanol–water partition coefficient (Wildman–Crippen LogP) is 1.23. The molecule has 6 N–H and O–H groups in total. The normalized spacial score (nSPS) is 22.1. The van der Waals surface area contributed by atoms with Gasteiger partial charge in [-0.05, 0) is 24.8 Å². The molecule has 6 nitrogen and oxygen atoms in total. The van der Waals surface area contributed by atoms with Crippen LogP contribution in [0.1, 0.15) is 31.2 Å². The van der Waals surface area contributed by atoms with Crippen LogP contribution >= 0.6 is 0 Å². The lowest BCUT2D eigenvalue weighted by Crippen LogP contribution is -2.37. The van der Waals surface area contributed by atoms with Crippen molar-refractivity contribution < 1.29 is 19.8 Å². The van der Waals surface area contributed by atoms with E-state index in [4.69, 9.17) is 21.7 Å². The van der Waals surface area contributed by atoms with Crippen molar-refractivity contribution in [1.29, 1.82) is 0 Å². The number of nitrogens with two attached hydrogens (primary N) is 2. The maximum Gasteiger partial charge on any atom is 0.320 e. The second-order valence-corrected chi connectivity index (χ2v) is 5.53. The minimum absolute atomic E-state index is 0.105. The quantitative estimate of drug-likeness (QED) is 0.662. The summed E-state index contributed by atoms with van der Waals surface area (Å²) in [6.07, 6.45) is 4.12. The summed E-state index contributed by atoms with van der Waals surface area (Å²) in [7, 11) is 0. The molecular formula is C16H24N2O4. The third kappa shape index (κ3) is 6.24. The standard InChI is InChI=1S/C9H11NO2.C7H13NO2/c10-8(9(11)12)6-7-4-2-1-3-5-7;8-6-4-2-1-3-5(6)7(9)10/h1-5,8H,6,10H2,(H,11,12);5-6H,1-4,8H2,(H,9,10). The fourth-order valence-electron chi connectivity index (χ4n) is 2.42. The molecule has 0 heterocycles. The van der Waals surface area contributed by atoms with Crippen LogP contribution in [0.4, 0.5) is 0 Å². The molecular weight excluding hydrogens is 284 g/mol. The number of rotatable bonds is 4. The number of carboxylic acid groups (broad SMARTS) is 2. The molecule has 0 radical (unpaired) electrons. The summed E-state index contributed by atoms with van der Waals surface area (Å²) >= 11 is 0. The minimum atomic E-state index is -0.959. The van der Waals surface area contributed by atoms with E-state index in [0.717, 1.165) is 31.2 Å². The van der Waals surface area contributed by atoms with Crippen molar-refractivity contribution in [2.45, 2.75) is 44.2 Å². The lowest BCUT2D eigenvalue weighted by atomic mass is 9.85. The largest absolute Gasteiger partial charge is 0.481 e. The fourth-order valence-corrected chi connectivity index (χ4v) is 2.42. The van der Waals surface area contributed by atoms with Crippen molar-refractivity contribution in [1.82, 2.24) is 0 Å². The maximum atomic E-state index is 10.5. The molecule has 0 bridgehead atoms. The van der Waals surface area contributed by atoms with Gasteiger partial charge in [-0.2, -0.15) is 0 Å². The van der Waals surface area contributed by atoms with Gasteiger partial charge in [0.2, 0.25) is 0 Å². The number of carboxylic acids is 2. The Morgan fingerprint density at radius 1 is 1.14 bits per heavy atom. The molecule has 1 aromatic rings. The Labute approximate surface area is 130 Å². The molecule has 0 aromatic heterocycles. The first kappa shape index (κ1) is 18.1. The molecule has 2 rings (SSSR count). The Morgan fingerprint density at radius 2 is 1.73 bits per heavy atom. The van der Waals surface area contributed by atoms with E-state index < -0.39 is 18.0 Å². The summed E-state index contributed by atoms with van der Waals surface area (Å²) in [6.45, 7) is 0. The van der Waals surface area contributed by atoms with E-state index in [-0.39, 0.29) is 12.0 Å². The first-order valence-electron chi connectivity index (χ1n) is 7.42. The molecule has 0 aliphatic heterocycles. The molecule has 1 aliphatic rings. The van der Waals surface area contributed by atoms with Gasteiger partial charge >= 0.3 is 11.9 Å². The van der Waals surface area contributed by atoms with E-state index in [1.54, 1.807) is 0 Å². The molecule has 22 heavy (non-hydrogen) atoms. The Morgan fingerprint density at radius 3 is 2.18 bits per heavy atom. The predicted molar refractivity (Wildman–Crippen MR) is 83.3 cm³/mol. The average Bonchev–Trinajstić information content (AvgIpc) is 2.49. The number of carbonyl (C=O) groups is 2. The minimum Gasteiger partial charge on any atom is -0.481 e. The zero-order valence-corrected chi connectivity index (χ0v) is 12.5. The van der Waals surface area contributed by atoms with Crippen LogP contribution in [0.3, 0.4) is 0 Å². The maximum absolute atomic E-state index is 10.5. The van der Waals surface area contributed by atoms with Gasteiger partial charge in [0.25, 0.3) is 0 Å². The van der Waals surface area contributed by atoms with Crippen molar-refractivity contribution in [2.75, 3.05) is 0 Å². The molecule has 1 aromatic carbocycles. The molecule has 1 aliphatic carbocycles. The van der Waals surface area contributed by atoms with E-state index in [1.807, 2.05) is 30.3 Å². The van der Waals surface area contributed by atoms with E-state index >= 15 is 0 Å². The third-order valence-corrected chi connectivity index (χ3v) is 3.75. The first-order chi connectivity index (χ1) is 10.4. The summed E-state index contributed by atoms with van der Waals surface area (Å²) in [6, 6.07) is 8.44. The van der Waals surface area contributed by atoms with Gasteiger partial charge in [-0.1, -0.05) is 43.2 Å². The molecule has 0 saturated heterocycles. The Hall–Kier alpha value is -1.92. The molecule has 0 amide bonds. The molecule has 1 fully saturated rings. The second-order valence-electron chi connectivity index (χ2n) is 5.53. The first-order valence-corrected chi connectivity index (χ1v) is 7.42. The topological polar surface area (TPSA) is 127 Å². The van der Waals surface area contributed by atoms with Gasteiger partial charge in [0.05, 0.1) is 5.92 Å². The number of aliphatic carboxylic acids is 2. The summed E-state index contributed by atoms with van der Waals surface area (Å²) in [5.74, 6) is -1.97. The monoisotopic (exact) mass is 308 g/mol. The van der Waals surface area contributed by atoms with E-state index in [0.29, 0.717) is 6.42 Å². The van der Waals surface area contributed by atoms with E-state index in [9.17, 15) is 9.59 Å². The SMILES string of the molecule is NC(Cc1ccccc1)C(=O)O.NC1CCCCC1C(=O)O. The lowest BCUT2D eigenvalue weighted by Gasteiger charge is -2.24. The summed E-state index contributed by atoms with van der Waals surface area (Å²) in [5.41, 5.74) is 11.9. The Kier molecular flexibility index (Phi) is 7.56. The third-order valence-electron chi connectivity index (χ3n) is 3.75.